The minimum Gasteiger partial charge on any atom is -0.0654 e. The molecule has 0 unspecified atom stereocenters. The number of rotatable bonds is 78. The molecule has 0 N–H and O–H groups in total. The van der Waals surface area contributed by atoms with Crippen molar-refractivity contribution in [2.24, 2.45) is 5.92 Å². The molecule has 0 fully saturated rings. The van der Waals surface area contributed by atoms with Gasteiger partial charge in [0.1, 0.15) is 0 Å². The molecule has 0 aliphatic rings. The van der Waals surface area contributed by atoms with Gasteiger partial charge in [0.25, 0.3) is 0 Å². The van der Waals surface area contributed by atoms with E-state index in [9.17, 15) is 0 Å². The van der Waals surface area contributed by atoms with E-state index in [-0.39, 0.29) is 0 Å². The highest BCUT2D eigenvalue weighted by Crippen LogP contribution is 2.26. The summed E-state index contributed by atoms with van der Waals surface area (Å²) < 4.78 is 0. The Morgan fingerprint density at radius 3 is 0.280 bits per heavy atom. The average molecular weight is 1150 g/mol. The van der Waals surface area contributed by atoms with Crippen LogP contribution in [0.3, 0.4) is 0 Å². The van der Waals surface area contributed by atoms with E-state index in [1.165, 1.54) is 501 Å². The van der Waals surface area contributed by atoms with Gasteiger partial charge in [0, 0.05) is 0 Å². The molecule has 0 amide bonds. The second-order valence-electron chi connectivity index (χ2n) is 28.7. The zero-order chi connectivity index (χ0) is 58.7. The van der Waals surface area contributed by atoms with Gasteiger partial charge < -0.3 is 0 Å². The molecule has 0 heterocycles. The maximum atomic E-state index is 2.38. The van der Waals surface area contributed by atoms with Gasteiger partial charge in [-0.25, -0.2) is 0 Å². The lowest BCUT2D eigenvalue weighted by atomic mass is 9.89. The largest absolute Gasteiger partial charge is 0.0654 e. The smallest absolute Gasteiger partial charge is 0.0414 e. The molecular formula is C82H166. The zero-order valence-electron chi connectivity index (χ0n) is 58.7. The topological polar surface area (TPSA) is 0 Å². The highest BCUT2D eigenvalue weighted by molar-refractivity contribution is 4.63. The summed E-state index contributed by atoms with van der Waals surface area (Å²) in [5, 5.41) is 0. The normalized spacial score (nSPS) is 11.9. The summed E-state index contributed by atoms with van der Waals surface area (Å²) in [5.41, 5.74) is 0. The lowest BCUT2D eigenvalue weighted by Gasteiger charge is -2.17. The first-order chi connectivity index (χ1) is 40.8. The fraction of sp³-hybridized carbons (Fsp3) is 1.00. The molecule has 0 saturated heterocycles. The third-order valence-electron chi connectivity index (χ3n) is 20.1. The Hall–Kier alpha value is 0. The van der Waals surface area contributed by atoms with Crippen molar-refractivity contribution in [2.75, 3.05) is 0 Å². The molecule has 0 atom stereocenters. The summed E-state index contributed by atoms with van der Waals surface area (Å²) in [4.78, 5) is 0. The van der Waals surface area contributed by atoms with E-state index in [4.69, 9.17) is 0 Å². The molecule has 0 saturated carbocycles. The van der Waals surface area contributed by atoms with Crippen LogP contribution in [0.5, 0.6) is 0 Å². The molecular weight excluding hydrogens is 985 g/mol. The number of hydrogen-bond donors (Lipinski definition) is 0. The van der Waals surface area contributed by atoms with Crippen LogP contribution in [0.1, 0.15) is 522 Å². The monoisotopic (exact) mass is 1150 g/mol. The standard InChI is InChI=1S/C82H166/c1-4-7-10-12-14-16-18-20-22-24-26-28-30-32-34-36-38-40-42-44-46-48-50-52-54-56-58-60-62-64-66-68-70-72-74-77-80-82(79-76-9-6-3)81-78-75-73-71-69-67-65-63-61-59-57-55-53-51-49-47-45-43-41-39-37-35-33-31-29-27-25-23-21-19-17-15-13-11-8-5-2/h82H,4-81H2,1-3H3. The van der Waals surface area contributed by atoms with E-state index in [0.29, 0.717) is 0 Å². The molecule has 82 heavy (non-hydrogen) atoms. The molecule has 0 aromatic carbocycles. The van der Waals surface area contributed by atoms with Crippen molar-refractivity contribution in [1.29, 1.82) is 0 Å². The Bertz CT molecular complexity index is 951. The maximum Gasteiger partial charge on any atom is -0.0414 e. The summed E-state index contributed by atoms with van der Waals surface area (Å²) in [6, 6.07) is 0. The van der Waals surface area contributed by atoms with Crippen molar-refractivity contribution in [3.8, 4) is 0 Å². The fourth-order valence-corrected chi connectivity index (χ4v) is 14.1. The van der Waals surface area contributed by atoms with Crippen molar-refractivity contribution in [3.63, 3.8) is 0 Å². The number of hydrogen-bond acceptors (Lipinski definition) is 0. The Morgan fingerprint density at radius 1 is 0.0976 bits per heavy atom. The van der Waals surface area contributed by atoms with Crippen LogP contribution in [0.25, 0.3) is 0 Å². The molecule has 0 radical (unpaired) electrons. The summed E-state index contributed by atoms with van der Waals surface area (Å²) in [6.07, 6.45) is 116. The molecule has 0 aromatic heterocycles. The lowest BCUT2D eigenvalue weighted by Crippen LogP contribution is -2.01. The summed E-state index contributed by atoms with van der Waals surface area (Å²) in [7, 11) is 0. The van der Waals surface area contributed by atoms with Gasteiger partial charge in [0.2, 0.25) is 0 Å². The van der Waals surface area contributed by atoms with Crippen LogP contribution >= 0.6 is 0 Å². The Balaban J connectivity index is 3.37. The van der Waals surface area contributed by atoms with Crippen LogP contribution in [0.4, 0.5) is 0 Å². The van der Waals surface area contributed by atoms with E-state index in [1.54, 1.807) is 0 Å². The van der Waals surface area contributed by atoms with E-state index in [2.05, 4.69) is 20.8 Å². The van der Waals surface area contributed by atoms with Gasteiger partial charge in [-0.15, -0.1) is 0 Å². The second kappa shape index (κ2) is 79.0. The van der Waals surface area contributed by atoms with E-state index >= 15 is 0 Å². The second-order valence-corrected chi connectivity index (χ2v) is 28.7. The zero-order valence-corrected chi connectivity index (χ0v) is 58.7. The highest BCUT2D eigenvalue weighted by Gasteiger charge is 2.09. The lowest BCUT2D eigenvalue weighted by molar-refractivity contribution is 0.367. The van der Waals surface area contributed by atoms with Gasteiger partial charge in [-0.2, -0.15) is 0 Å². The van der Waals surface area contributed by atoms with Crippen molar-refractivity contribution < 1.29 is 0 Å². The van der Waals surface area contributed by atoms with Crippen molar-refractivity contribution in [2.45, 2.75) is 522 Å². The molecule has 0 aliphatic heterocycles. The summed E-state index contributed by atoms with van der Waals surface area (Å²) in [5.74, 6) is 1.03. The van der Waals surface area contributed by atoms with E-state index < -0.39 is 0 Å². The van der Waals surface area contributed by atoms with Crippen LogP contribution in [0, 0.1) is 5.92 Å². The van der Waals surface area contributed by atoms with Gasteiger partial charge in [0.15, 0.2) is 0 Å². The van der Waals surface area contributed by atoms with Crippen molar-refractivity contribution in [3.05, 3.63) is 0 Å². The van der Waals surface area contributed by atoms with E-state index in [0.717, 1.165) is 5.92 Å². The third-order valence-corrected chi connectivity index (χ3v) is 20.1. The fourth-order valence-electron chi connectivity index (χ4n) is 14.1. The van der Waals surface area contributed by atoms with Gasteiger partial charge in [0.05, 0.1) is 0 Å². The predicted molar refractivity (Wildman–Crippen MR) is 381 cm³/mol. The molecule has 0 aliphatic carbocycles. The number of unbranched alkanes of at least 4 members (excludes halogenated alkanes) is 72. The summed E-state index contributed by atoms with van der Waals surface area (Å²) >= 11 is 0. The quantitative estimate of drug-likeness (QED) is 0.0533. The molecule has 0 aromatic rings. The highest BCUT2D eigenvalue weighted by atomic mass is 14.2. The van der Waals surface area contributed by atoms with Gasteiger partial charge in [-0.05, 0) is 5.92 Å². The van der Waals surface area contributed by atoms with Crippen LogP contribution < -0.4 is 0 Å². The third kappa shape index (κ3) is 76.1. The summed E-state index contributed by atoms with van der Waals surface area (Å²) in [6.45, 7) is 7.02. The van der Waals surface area contributed by atoms with Gasteiger partial charge >= 0.3 is 0 Å². The Labute approximate surface area is 524 Å². The molecule has 0 spiro atoms. The molecule has 494 valence electrons. The van der Waals surface area contributed by atoms with Crippen LogP contribution in [0.2, 0.25) is 0 Å². The van der Waals surface area contributed by atoms with E-state index in [1.807, 2.05) is 0 Å². The first-order valence-electron chi connectivity index (χ1n) is 40.8. The minimum absolute atomic E-state index is 1.03. The van der Waals surface area contributed by atoms with Crippen molar-refractivity contribution in [1.82, 2.24) is 0 Å². The minimum atomic E-state index is 1.03. The van der Waals surface area contributed by atoms with Gasteiger partial charge in [-0.3, -0.25) is 0 Å². The first kappa shape index (κ1) is 82.0. The average Bonchev–Trinajstić information content (AvgIpc) is 3.48. The molecule has 0 heteroatoms. The van der Waals surface area contributed by atoms with Crippen LogP contribution in [-0.4, -0.2) is 0 Å². The molecule has 0 nitrogen and oxygen atoms in total. The van der Waals surface area contributed by atoms with Crippen molar-refractivity contribution >= 4 is 0 Å². The molecule has 0 rings (SSSR count). The van der Waals surface area contributed by atoms with Gasteiger partial charge in [-0.1, -0.05) is 522 Å². The molecule has 0 bridgehead atoms. The Kier molecular flexibility index (Phi) is 79.0. The maximum absolute atomic E-state index is 2.38. The predicted octanol–water partition coefficient (Wildman–Crippen LogP) is 32.1. The van der Waals surface area contributed by atoms with Crippen LogP contribution in [0.15, 0.2) is 0 Å². The Morgan fingerprint density at radius 2 is 0.171 bits per heavy atom. The first-order valence-corrected chi connectivity index (χ1v) is 40.8. The SMILES string of the molecule is CCCCCCCCCCCCCCCCCCCCCCCCCCCCCCCCCCCCCCC(CCCCC)CCCCCCCCCCCCCCCCCCCCCCCCCCCCCCCCCCCCCC. The van der Waals surface area contributed by atoms with Crippen LogP contribution in [-0.2, 0) is 0 Å².